The van der Waals surface area contributed by atoms with Crippen molar-refractivity contribution in [1.29, 1.82) is 0 Å². The zero-order valence-corrected chi connectivity index (χ0v) is 25.3. The number of amides is 1. The number of carbonyl (C=O) groups excluding carboxylic acids is 2. The van der Waals surface area contributed by atoms with Crippen molar-refractivity contribution in [2.45, 2.75) is 45.1 Å². The molecule has 1 aliphatic rings. The van der Waals surface area contributed by atoms with Crippen LogP contribution in [0.4, 0.5) is 14.0 Å². The zero-order chi connectivity index (χ0) is 32.7. The van der Waals surface area contributed by atoms with Crippen LogP contribution in [0.25, 0.3) is 34.0 Å². The molecule has 1 fully saturated rings. The number of aromatic nitrogens is 2. The summed E-state index contributed by atoms with van der Waals surface area (Å²) in [5.41, 5.74) is 3.39. The summed E-state index contributed by atoms with van der Waals surface area (Å²) < 4.78 is 35.4. The summed E-state index contributed by atoms with van der Waals surface area (Å²) in [7, 11) is 0. The molecule has 0 unspecified atom stereocenters. The molecular weight excluding hydrogens is 599 g/mol. The van der Waals surface area contributed by atoms with Crippen molar-refractivity contribution in [2.24, 2.45) is 0 Å². The second-order valence-corrected chi connectivity index (χ2v) is 11.1. The molecule has 5 rings (SSSR count). The van der Waals surface area contributed by atoms with E-state index in [1.807, 2.05) is 54.6 Å². The first-order valence-corrected chi connectivity index (χ1v) is 14.7. The van der Waals surface area contributed by atoms with Crippen molar-refractivity contribution in [3.63, 3.8) is 0 Å². The molecule has 0 saturated carbocycles. The monoisotopic (exact) mass is 632 g/mol. The number of likely N-dealkylation sites (tertiary alicyclic amines) is 1. The van der Waals surface area contributed by atoms with Crippen LogP contribution < -0.4 is 5.32 Å². The van der Waals surface area contributed by atoms with Gasteiger partial charge in [0, 0.05) is 55.2 Å². The lowest BCUT2D eigenvalue weighted by molar-refractivity contribution is -0.209. The number of nitrogens with zero attached hydrogens (tertiary/aromatic N) is 3. The molecule has 0 radical (unpaired) electrons. The summed E-state index contributed by atoms with van der Waals surface area (Å²) in [6, 6.07) is 21.4. The fourth-order valence-electron chi connectivity index (χ4n) is 5.08. The molecule has 1 aliphatic heterocycles. The van der Waals surface area contributed by atoms with Gasteiger partial charge in [-0.25, -0.2) is 14.0 Å². The van der Waals surface area contributed by atoms with Crippen LogP contribution in [0.15, 0.2) is 77.3 Å². The maximum Gasteiger partial charge on any atom is 0.512 e. The number of carboxylic acid groups (broad SMARTS) is 1. The van der Waals surface area contributed by atoms with E-state index in [0.29, 0.717) is 42.1 Å². The van der Waals surface area contributed by atoms with Gasteiger partial charge >= 0.3 is 12.3 Å². The van der Waals surface area contributed by atoms with Gasteiger partial charge in [0.2, 0.25) is 5.82 Å². The molecule has 1 aromatic heterocycles. The van der Waals surface area contributed by atoms with Crippen LogP contribution in [-0.2, 0) is 25.5 Å². The van der Waals surface area contributed by atoms with E-state index in [0.717, 1.165) is 11.1 Å². The standard InChI is InChI=1S/C33H33FN4O8/c1-21(2)35-28(39)20-43-32(42)45-33(44-31(40)41)14-16-38(17-15-33)19-22-8-10-24(11-9-22)29-36-30(46-37-29)25-12-13-26(27(34)18-25)23-6-4-3-5-7-23/h3-13,18,21H,14-17,19-20H2,1-2H3,(H,35,39)(H,40,41). The Labute approximate surface area is 264 Å². The molecule has 3 aromatic carbocycles. The van der Waals surface area contributed by atoms with Gasteiger partial charge in [-0.1, -0.05) is 65.8 Å². The molecule has 1 saturated heterocycles. The molecule has 0 bridgehead atoms. The predicted octanol–water partition coefficient (Wildman–Crippen LogP) is 5.87. The highest BCUT2D eigenvalue weighted by atomic mass is 19.1. The molecule has 12 nitrogen and oxygen atoms in total. The molecule has 1 amide bonds. The van der Waals surface area contributed by atoms with Crippen LogP contribution >= 0.6 is 0 Å². The minimum Gasteiger partial charge on any atom is -0.450 e. The number of halogens is 1. The van der Waals surface area contributed by atoms with Gasteiger partial charge in [0.05, 0.1) is 0 Å². The number of piperidine rings is 1. The molecule has 13 heteroatoms. The summed E-state index contributed by atoms with van der Waals surface area (Å²) in [6.07, 6.45) is -2.64. The molecule has 2 N–H and O–H groups in total. The lowest BCUT2D eigenvalue weighted by atomic mass is 10.0. The van der Waals surface area contributed by atoms with E-state index < -0.39 is 36.4 Å². The quantitative estimate of drug-likeness (QED) is 0.159. The van der Waals surface area contributed by atoms with Crippen molar-refractivity contribution < 1.29 is 42.6 Å². The van der Waals surface area contributed by atoms with Gasteiger partial charge in [0.25, 0.3) is 17.6 Å². The summed E-state index contributed by atoms with van der Waals surface area (Å²) >= 11 is 0. The van der Waals surface area contributed by atoms with Crippen molar-refractivity contribution in [2.75, 3.05) is 19.7 Å². The number of benzene rings is 3. The maximum atomic E-state index is 14.9. The van der Waals surface area contributed by atoms with E-state index in [2.05, 4.69) is 20.4 Å². The summed E-state index contributed by atoms with van der Waals surface area (Å²) in [5.74, 6) is -2.07. The van der Waals surface area contributed by atoms with E-state index in [1.54, 1.807) is 26.0 Å². The Morgan fingerprint density at radius 2 is 1.67 bits per heavy atom. The van der Waals surface area contributed by atoms with Crippen LogP contribution in [0.3, 0.4) is 0 Å². The highest BCUT2D eigenvalue weighted by molar-refractivity contribution is 5.79. The minimum absolute atomic E-state index is 0.0727. The van der Waals surface area contributed by atoms with Crippen molar-refractivity contribution >= 4 is 18.2 Å². The van der Waals surface area contributed by atoms with Crippen molar-refractivity contribution in [3.8, 4) is 34.0 Å². The van der Waals surface area contributed by atoms with Gasteiger partial charge in [-0.15, -0.1) is 0 Å². The predicted molar refractivity (Wildman–Crippen MR) is 163 cm³/mol. The minimum atomic E-state index is -1.72. The van der Waals surface area contributed by atoms with Gasteiger partial charge in [0.1, 0.15) is 5.82 Å². The van der Waals surface area contributed by atoms with Gasteiger partial charge < -0.3 is 29.2 Å². The van der Waals surface area contributed by atoms with Gasteiger partial charge in [-0.05, 0) is 37.1 Å². The number of carbonyl (C=O) groups is 3. The Bertz CT molecular complexity index is 1670. The molecule has 240 valence electrons. The Kier molecular flexibility index (Phi) is 9.91. The van der Waals surface area contributed by atoms with Crippen LogP contribution in [0.2, 0.25) is 0 Å². The van der Waals surface area contributed by atoms with Crippen LogP contribution in [0, 0.1) is 5.82 Å². The molecule has 4 aromatic rings. The third-order valence-electron chi connectivity index (χ3n) is 7.28. The molecule has 0 atom stereocenters. The first kappa shape index (κ1) is 32.1. The maximum absolute atomic E-state index is 14.9. The van der Waals surface area contributed by atoms with E-state index in [-0.39, 0.29) is 24.8 Å². The summed E-state index contributed by atoms with van der Waals surface area (Å²) in [4.78, 5) is 41.8. The van der Waals surface area contributed by atoms with Crippen LogP contribution in [0.1, 0.15) is 32.3 Å². The molecule has 46 heavy (non-hydrogen) atoms. The van der Waals surface area contributed by atoms with E-state index >= 15 is 0 Å². The van der Waals surface area contributed by atoms with E-state index in [1.165, 1.54) is 6.07 Å². The number of hydrogen-bond donors (Lipinski definition) is 2. The van der Waals surface area contributed by atoms with Gasteiger partial charge in [0.15, 0.2) is 6.61 Å². The highest BCUT2D eigenvalue weighted by Gasteiger charge is 2.43. The third kappa shape index (κ3) is 8.24. The lowest BCUT2D eigenvalue weighted by Crippen LogP contribution is -2.49. The van der Waals surface area contributed by atoms with Crippen molar-refractivity contribution in [3.05, 3.63) is 84.2 Å². The number of hydrogen-bond acceptors (Lipinski definition) is 10. The smallest absolute Gasteiger partial charge is 0.450 e. The fourth-order valence-corrected chi connectivity index (χ4v) is 5.08. The first-order chi connectivity index (χ1) is 22.1. The largest absolute Gasteiger partial charge is 0.512 e. The molecule has 0 aliphatic carbocycles. The second kappa shape index (κ2) is 14.2. The van der Waals surface area contributed by atoms with Crippen LogP contribution in [-0.4, -0.2) is 69.9 Å². The first-order valence-electron chi connectivity index (χ1n) is 14.7. The number of nitrogens with one attached hydrogen (secondary N) is 1. The van der Waals surface area contributed by atoms with Gasteiger partial charge in [-0.3, -0.25) is 9.69 Å². The van der Waals surface area contributed by atoms with Crippen LogP contribution in [0.5, 0.6) is 0 Å². The number of ether oxygens (including phenoxy) is 3. The Balaban J connectivity index is 1.16. The summed E-state index contributed by atoms with van der Waals surface area (Å²) in [5, 5.41) is 15.9. The SMILES string of the molecule is CC(C)NC(=O)COC(=O)OC1(OC(=O)O)CCN(Cc2ccc(-c3noc(-c4ccc(-c5ccccc5)c(F)c4)n3)cc2)CC1. The van der Waals surface area contributed by atoms with Gasteiger partial charge in [-0.2, -0.15) is 4.98 Å². The lowest BCUT2D eigenvalue weighted by Gasteiger charge is -2.38. The normalized spacial score (nSPS) is 14.4. The average molecular weight is 633 g/mol. The van der Waals surface area contributed by atoms with E-state index in [4.69, 9.17) is 18.7 Å². The topological polar surface area (TPSA) is 153 Å². The summed E-state index contributed by atoms with van der Waals surface area (Å²) in [6.45, 7) is 4.22. The van der Waals surface area contributed by atoms with E-state index in [9.17, 15) is 23.9 Å². The molecule has 0 spiro atoms. The second-order valence-electron chi connectivity index (χ2n) is 11.1. The fraction of sp³-hybridized carbons (Fsp3) is 0.303. The van der Waals surface area contributed by atoms with Crippen molar-refractivity contribution in [1.82, 2.24) is 20.4 Å². The Morgan fingerprint density at radius 3 is 2.33 bits per heavy atom. The Morgan fingerprint density at radius 1 is 0.978 bits per heavy atom. The Hall–Kier alpha value is -5.30. The molecular formula is C33H33FN4O8. The third-order valence-corrected chi connectivity index (χ3v) is 7.28. The highest BCUT2D eigenvalue weighted by Crippen LogP contribution is 2.31. The zero-order valence-electron chi connectivity index (χ0n) is 25.3. The average Bonchev–Trinajstić information content (AvgIpc) is 3.52. The molecule has 2 heterocycles. The number of rotatable bonds is 10.